The Balaban J connectivity index is 3.99. The maximum Gasteiger partial charge on any atom is 0.0276 e. The third kappa shape index (κ3) is 4.46. The van der Waals surface area contributed by atoms with E-state index < -0.39 is 0 Å². The van der Waals surface area contributed by atoms with Gasteiger partial charge in [0.2, 0.25) is 0 Å². The molecule has 0 amide bonds. The minimum atomic E-state index is 0.234. The molecule has 0 atom stereocenters. The molecule has 0 aliphatic carbocycles. The second-order valence-corrected chi connectivity index (χ2v) is 4.19. The van der Waals surface area contributed by atoms with Crippen molar-refractivity contribution in [1.82, 2.24) is 0 Å². The zero-order valence-corrected chi connectivity index (χ0v) is 8.91. The lowest BCUT2D eigenvalue weighted by molar-refractivity contribution is 0.574. The van der Waals surface area contributed by atoms with Gasteiger partial charge in [-0.1, -0.05) is 20.8 Å². The average molecular weight is 173 g/mol. The lowest BCUT2D eigenvalue weighted by Gasteiger charge is -2.20. The van der Waals surface area contributed by atoms with Gasteiger partial charge >= 0.3 is 0 Å². The molecular weight excluding hydrogens is 154 g/mol. The minimum Gasteiger partial charge on any atom is -0.297 e. The zero-order chi connectivity index (χ0) is 8.91. The summed E-state index contributed by atoms with van der Waals surface area (Å²) in [5, 5.41) is 0. The highest BCUT2D eigenvalue weighted by molar-refractivity contribution is 7.80. The van der Waals surface area contributed by atoms with Crippen LogP contribution in [0.2, 0.25) is 0 Å². The van der Waals surface area contributed by atoms with Crippen LogP contribution in [0.5, 0.6) is 0 Å². The van der Waals surface area contributed by atoms with Crippen molar-refractivity contribution in [3.8, 4) is 0 Å². The van der Waals surface area contributed by atoms with Gasteiger partial charge in [0.1, 0.15) is 0 Å². The molecule has 0 aliphatic rings. The van der Waals surface area contributed by atoms with Crippen molar-refractivity contribution in [2.24, 2.45) is 10.4 Å². The normalized spacial score (nSPS) is 13.7. The fourth-order valence-corrected chi connectivity index (χ4v) is 1.23. The molecule has 0 aromatic heterocycles. The van der Waals surface area contributed by atoms with Gasteiger partial charge in [-0.2, -0.15) is 12.6 Å². The van der Waals surface area contributed by atoms with Crippen LogP contribution in [-0.2, 0) is 0 Å². The van der Waals surface area contributed by atoms with E-state index in [9.17, 15) is 0 Å². The van der Waals surface area contributed by atoms with Crippen LogP contribution in [0.15, 0.2) is 4.99 Å². The third-order valence-electron chi connectivity index (χ3n) is 1.71. The number of hydrogen-bond donors (Lipinski definition) is 1. The molecule has 0 saturated heterocycles. The van der Waals surface area contributed by atoms with Crippen molar-refractivity contribution in [2.45, 2.75) is 33.6 Å². The Morgan fingerprint density at radius 1 is 1.36 bits per heavy atom. The summed E-state index contributed by atoms with van der Waals surface area (Å²) in [7, 11) is 1.87. The van der Waals surface area contributed by atoms with E-state index in [1.54, 1.807) is 0 Å². The van der Waals surface area contributed by atoms with Crippen LogP contribution in [0.25, 0.3) is 0 Å². The Morgan fingerprint density at radius 3 is 2.18 bits per heavy atom. The Labute approximate surface area is 75.7 Å². The predicted octanol–water partition coefficient (Wildman–Crippen LogP) is 2.81. The lowest BCUT2D eigenvalue weighted by atomic mass is 9.87. The van der Waals surface area contributed by atoms with Gasteiger partial charge in [0.25, 0.3) is 0 Å². The first kappa shape index (κ1) is 11.0. The van der Waals surface area contributed by atoms with Crippen molar-refractivity contribution < 1.29 is 0 Å². The van der Waals surface area contributed by atoms with E-state index in [4.69, 9.17) is 0 Å². The Hall–Kier alpha value is 0.0200. The highest BCUT2D eigenvalue weighted by Crippen LogP contribution is 2.19. The van der Waals surface area contributed by atoms with Crippen LogP contribution in [0.4, 0.5) is 0 Å². The lowest BCUT2D eigenvalue weighted by Crippen LogP contribution is -2.20. The smallest absolute Gasteiger partial charge is 0.0276 e. The van der Waals surface area contributed by atoms with E-state index in [1.807, 2.05) is 7.05 Å². The summed E-state index contributed by atoms with van der Waals surface area (Å²) in [6.07, 6.45) is 2.22. The second kappa shape index (κ2) is 4.81. The molecule has 0 saturated carbocycles. The topological polar surface area (TPSA) is 12.4 Å². The molecule has 66 valence electrons. The summed E-state index contributed by atoms with van der Waals surface area (Å²) in [4.78, 5) is 4.28. The molecule has 0 rings (SSSR count). The molecule has 0 heterocycles. The van der Waals surface area contributed by atoms with Crippen molar-refractivity contribution in [1.29, 1.82) is 0 Å². The standard InChI is InChI=1S/C9H19NS/c1-9(2,3)8(10-4)6-5-7-11/h11H,5-7H2,1-4H3. The number of hydrogen-bond acceptors (Lipinski definition) is 2. The first-order chi connectivity index (χ1) is 5.02. The van der Waals surface area contributed by atoms with Crippen LogP contribution in [-0.4, -0.2) is 18.5 Å². The highest BCUT2D eigenvalue weighted by Gasteiger charge is 2.16. The molecular formula is C9H19NS. The second-order valence-electron chi connectivity index (χ2n) is 3.75. The van der Waals surface area contributed by atoms with Gasteiger partial charge in [-0.15, -0.1) is 0 Å². The quantitative estimate of drug-likeness (QED) is 0.498. The van der Waals surface area contributed by atoms with E-state index in [1.165, 1.54) is 5.71 Å². The fraction of sp³-hybridized carbons (Fsp3) is 0.889. The SMILES string of the molecule is CN=C(CCCS)C(C)(C)C. The van der Waals surface area contributed by atoms with Gasteiger partial charge in [0.15, 0.2) is 0 Å². The molecule has 1 nitrogen and oxygen atoms in total. The molecule has 0 aliphatic heterocycles. The summed E-state index contributed by atoms with van der Waals surface area (Å²) in [6, 6.07) is 0. The van der Waals surface area contributed by atoms with Crippen LogP contribution in [0.1, 0.15) is 33.6 Å². The molecule has 0 N–H and O–H groups in total. The first-order valence-corrected chi connectivity index (χ1v) is 4.72. The van der Waals surface area contributed by atoms with E-state index in [2.05, 4.69) is 38.4 Å². The van der Waals surface area contributed by atoms with E-state index in [0.717, 1.165) is 18.6 Å². The van der Waals surface area contributed by atoms with E-state index >= 15 is 0 Å². The third-order valence-corrected chi connectivity index (χ3v) is 2.02. The van der Waals surface area contributed by atoms with Crippen molar-refractivity contribution >= 4 is 18.3 Å². The van der Waals surface area contributed by atoms with Gasteiger partial charge in [-0.25, -0.2) is 0 Å². The number of nitrogens with zero attached hydrogens (tertiary/aromatic N) is 1. The molecule has 0 aromatic rings. The van der Waals surface area contributed by atoms with Crippen molar-refractivity contribution in [3.63, 3.8) is 0 Å². The maximum absolute atomic E-state index is 4.28. The molecule has 0 unspecified atom stereocenters. The Morgan fingerprint density at radius 2 is 1.91 bits per heavy atom. The molecule has 2 heteroatoms. The van der Waals surface area contributed by atoms with Gasteiger partial charge in [-0.05, 0) is 24.0 Å². The van der Waals surface area contributed by atoms with Crippen LogP contribution < -0.4 is 0 Å². The summed E-state index contributed by atoms with van der Waals surface area (Å²) >= 11 is 4.17. The molecule has 0 aromatic carbocycles. The zero-order valence-electron chi connectivity index (χ0n) is 8.02. The first-order valence-electron chi connectivity index (χ1n) is 4.09. The van der Waals surface area contributed by atoms with Crippen LogP contribution in [0.3, 0.4) is 0 Å². The maximum atomic E-state index is 4.28. The van der Waals surface area contributed by atoms with Crippen molar-refractivity contribution in [3.05, 3.63) is 0 Å². The molecule has 0 radical (unpaired) electrons. The van der Waals surface area contributed by atoms with E-state index in [0.29, 0.717) is 0 Å². The summed E-state index contributed by atoms with van der Waals surface area (Å²) in [6.45, 7) is 6.61. The van der Waals surface area contributed by atoms with Crippen LogP contribution >= 0.6 is 12.6 Å². The summed E-state index contributed by atoms with van der Waals surface area (Å²) in [5.74, 6) is 0.953. The minimum absolute atomic E-state index is 0.234. The molecule has 0 fully saturated rings. The van der Waals surface area contributed by atoms with Gasteiger partial charge in [0.05, 0.1) is 0 Å². The van der Waals surface area contributed by atoms with Gasteiger partial charge < -0.3 is 0 Å². The van der Waals surface area contributed by atoms with Crippen molar-refractivity contribution in [2.75, 3.05) is 12.8 Å². The Kier molecular flexibility index (Phi) is 4.82. The summed E-state index contributed by atoms with van der Waals surface area (Å²) in [5.41, 5.74) is 1.53. The Bertz CT molecular complexity index is 133. The fourth-order valence-electron chi connectivity index (χ4n) is 1.07. The molecule has 0 bridgehead atoms. The molecule has 0 spiro atoms. The van der Waals surface area contributed by atoms with Gasteiger partial charge in [-0.3, -0.25) is 4.99 Å². The number of aliphatic imine (C=N–C) groups is 1. The average Bonchev–Trinajstić information content (AvgIpc) is 1.87. The molecule has 11 heavy (non-hydrogen) atoms. The predicted molar refractivity (Wildman–Crippen MR) is 55.9 cm³/mol. The summed E-state index contributed by atoms with van der Waals surface area (Å²) < 4.78 is 0. The highest BCUT2D eigenvalue weighted by atomic mass is 32.1. The van der Waals surface area contributed by atoms with Gasteiger partial charge in [0, 0.05) is 12.8 Å². The van der Waals surface area contributed by atoms with Crippen LogP contribution in [0, 0.1) is 5.41 Å². The number of rotatable bonds is 3. The number of thiol groups is 1. The van der Waals surface area contributed by atoms with E-state index in [-0.39, 0.29) is 5.41 Å². The monoisotopic (exact) mass is 173 g/mol. The largest absolute Gasteiger partial charge is 0.297 e.